The molecule has 0 saturated heterocycles. The summed E-state index contributed by atoms with van der Waals surface area (Å²) in [6.45, 7) is 0. The smallest absolute Gasteiger partial charge is 0.102 e. The van der Waals surface area contributed by atoms with Gasteiger partial charge in [-0.15, -0.1) is 20.5 Å². The van der Waals surface area contributed by atoms with Crippen LogP contribution in [-0.2, 0) is 0 Å². The molecule has 0 aromatic heterocycles. The van der Waals surface area contributed by atoms with Crippen molar-refractivity contribution in [1.82, 2.24) is 0 Å². The van der Waals surface area contributed by atoms with E-state index >= 15 is 0 Å². The molecule has 0 aliphatic carbocycles. The van der Waals surface area contributed by atoms with Crippen molar-refractivity contribution in [2.45, 2.75) is 0 Å². The summed E-state index contributed by atoms with van der Waals surface area (Å²) in [6.07, 6.45) is 0. The first-order valence-electron chi connectivity index (χ1n) is 2.34. The Hall–Kier alpha value is -0.600. The summed E-state index contributed by atoms with van der Waals surface area (Å²) in [5.74, 6) is 0.481. The quantitative estimate of drug-likeness (QED) is 0.498. The van der Waals surface area contributed by atoms with Gasteiger partial charge in [0.1, 0.15) is 0 Å². The van der Waals surface area contributed by atoms with Gasteiger partial charge in [0.05, 0.1) is 0 Å². The molecule has 0 atom stereocenters. The number of rotatable bonds is 0. The van der Waals surface area contributed by atoms with Crippen LogP contribution in [0.4, 0.5) is 0 Å². The molecule has 0 spiro atoms. The Kier molecular flexibility index (Phi) is 2.85. The first-order valence-corrected chi connectivity index (χ1v) is 2.34. The molecule has 0 bridgehead atoms. The van der Waals surface area contributed by atoms with E-state index in [1.54, 1.807) is 0 Å². The van der Waals surface area contributed by atoms with Crippen LogP contribution in [-0.4, -0.2) is 37.7 Å². The van der Waals surface area contributed by atoms with Crippen molar-refractivity contribution in [3.63, 3.8) is 0 Å². The second-order valence-electron chi connectivity index (χ2n) is 1.40. The van der Waals surface area contributed by atoms with Crippen LogP contribution in [0, 0.1) is 0 Å². The first kappa shape index (κ1) is 8.50. The third kappa shape index (κ3) is 1.70. The maximum absolute atomic E-state index is 3.48. The maximum Gasteiger partial charge on any atom is 0.248 e. The molecule has 2 aliphatic heterocycles. The Morgan fingerprint density at radius 2 is 0.818 bits per heavy atom. The van der Waals surface area contributed by atoms with Gasteiger partial charge in [0.15, 0.2) is 0 Å². The predicted molar refractivity (Wildman–Crippen MR) is 32.2 cm³/mol. The predicted octanol–water partition coefficient (Wildman–Crippen LogP) is 1.40. The molecule has 0 unspecified atom stereocenters. The zero-order valence-electron chi connectivity index (χ0n) is 5.28. The summed E-state index contributed by atoms with van der Waals surface area (Å²) >= 11 is 0. The summed E-state index contributed by atoms with van der Waals surface area (Å²) in [5, 5.41) is 26.9. The van der Waals surface area contributed by atoms with E-state index < -0.39 is 0 Å². The van der Waals surface area contributed by atoms with E-state index in [0.717, 1.165) is 0 Å². The molecular formula is C2CaN8. The van der Waals surface area contributed by atoms with E-state index in [-0.39, 0.29) is 49.4 Å². The van der Waals surface area contributed by atoms with Gasteiger partial charge >= 0.3 is 0 Å². The Morgan fingerprint density at radius 3 is 1.09 bits per heavy atom. The minimum atomic E-state index is 0. The van der Waals surface area contributed by atoms with Gasteiger partial charge in [0.2, 0.25) is 11.6 Å². The second-order valence-corrected chi connectivity index (χ2v) is 1.40. The maximum atomic E-state index is 3.48. The van der Waals surface area contributed by atoms with Gasteiger partial charge in [-0.2, -0.15) is 0 Å². The molecule has 8 nitrogen and oxygen atoms in total. The van der Waals surface area contributed by atoms with Gasteiger partial charge in [-0.3, -0.25) is 0 Å². The molecular weight excluding hydrogens is 176 g/mol. The molecule has 0 N–H and O–H groups in total. The fourth-order valence-corrected chi connectivity index (χ4v) is 0.468. The van der Waals surface area contributed by atoms with Crippen LogP contribution >= 0.6 is 0 Å². The van der Waals surface area contributed by atoms with Crippen molar-refractivity contribution in [1.29, 1.82) is 0 Å². The summed E-state index contributed by atoms with van der Waals surface area (Å²) in [6, 6.07) is 0. The Bertz CT molecular complexity index is 237. The van der Waals surface area contributed by atoms with Crippen molar-refractivity contribution in [3.8, 4) is 0 Å². The standard InChI is InChI=1S/C2N8.Ca/c3-1(4-8-7-3)2-5-9-10-6-2;. The van der Waals surface area contributed by atoms with Gasteiger partial charge in [0.25, 0.3) is 0 Å². The zero-order valence-corrected chi connectivity index (χ0v) is 7.49. The van der Waals surface area contributed by atoms with Crippen LogP contribution in [0.1, 0.15) is 0 Å². The van der Waals surface area contributed by atoms with Crippen LogP contribution in [0.25, 0.3) is 0 Å². The van der Waals surface area contributed by atoms with E-state index in [1.165, 1.54) is 0 Å². The molecule has 0 aromatic rings. The molecule has 2 rings (SSSR count). The minimum Gasteiger partial charge on any atom is -0.102 e. The van der Waals surface area contributed by atoms with E-state index in [2.05, 4.69) is 41.4 Å². The molecule has 2 heterocycles. The van der Waals surface area contributed by atoms with Crippen molar-refractivity contribution in [2.24, 2.45) is 41.4 Å². The fraction of sp³-hybridized carbons (Fsp3) is 0. The first-order chi connectivity index (χ1) is 4.97. The largest absolute Gasteiger partial charge is 0.248 e. The van der Waals surface area contributed by atoms with E-state index in [1.807, 2.05) is 0 Å². The van der Waals surface area contributed by atoms with Crippen LogP contribution in [0.3, 0.4) is 0 Å². The van der Waals surface area contributed by atoms with Crippen molar-refractivity contribution >= 4 is 37.7 Å². The topological polar surface area (TPSA) is 98.9 Å². The summed E-state index contributed by atoms with van der Waals surface area (Å²) < 4.78 is 0. The molecule has 0 fully saturated rings. The normalized spacial score (nSPS) is 18.2. The summed E-state index contributed by atoms with van der Waals surface area (Å²) in [7, 11) is 0. The second kappa shape index (κ2) is 3.69. The Morgan fingerprint density at radius 1 is 0.545 bits per heavy atom. The van der Waals surface area contributed by atoms with Crippen LogP contribution in [0.15, 0.2) is 53.0 Å². The SMILES string of the molecule is N1=NC(=C2N=NN=N2)N=N1.[Ca]. The van der Waals surface area contributed by atoms with E-state index in [9.17, 15) is 0 Å². The Balaban J connectivity index is 0.000000605. The average molecular weight is 176 g/mol. The van der Waals surface area contributed by atoms with Gasteiger partial charge in [-0.1, -0.05) is 0 Å². The number of hydrogen-bond acceptors (Lipinski definition) is 8. The van der Waals surface area contributed by atoms with E-state index in [0.29, 0.717) is 0 Å². The molecule has 0 saturated carbocycles. The molecule has 0 amide bonds. The van der Waals surface area contributed by atoms with Crippen molar-refractivity contribution in [3.05, 3.63) is 11.6 Å². The summed E-state index contributed by atoms with van der Waals surface area (Å²) in [4.78, 5) is 0. The fourth-order valence-electron chi connectivity index (χ4n) is 0.468. The molecule has 9 heteroatoms. The van der Waals surface area contributed by atoms with Crippen LogP contribution < -0.4 is 0 Å². The van der Waals surface area contributed by atoms with Crippen LogP contribution in [0.2, 0.25) is 0 Å². The van der Waals surface area contributed by atoms with E-state index in [4.69, 9.17) is 0 Å². The Labute approximate surface area is 90.2 Å². The van der Waals surface area contributed by atoms with Gasteiger partial charge in [-0.25, -0.2) is 0 Å². The molecule has 0 aromatic carbocycles. The number of nitrogens with zero attached hydrogens (tertiary/aromatic N) is 8. The molecule has 2 aliphatic rings. The third-order valence-corrected chi connectivity index (χ3v) is 0.838. The molecule has 50 valence electrons. The van der Waals surface area contributed by atoms with Gasteiger partial charge in [0, 0.05) is 37.7 Å². The van der Waals surface area contributed by atoms with Crippen molar-refractivity contribution < 1.29 is 0 Å². The zero-order chi connectivity index (χ0) is 6.81. The molecule has 11 heavy (non-hydrogen) atoms. The van der Waals surface area contributed by atoms with Gasteiger partial charge < -0.3 is 0 Å². The number of hydrogen-bond donors (Lipinski definition) is 0. The van der Waals surface area contributed by atoms with Crippen LogP contribution in [0.5, 0.6) is 0 Å². The summed E-state index contributed by atoms with van der Waals surface area (Å²) in [5.41, 5.74) is 0. The van der Waals surface area contributed by atoms with Gasteiger partial charge in [-0.05, 0) is 20.9 Å². The average Bonchev–Trinajstić information content (AvgIpc) is 2.59. The molecule has 2 radical (unpaired) electrons. The van der Waals surface area contributed by atoms with Crippen molar-refractivity contribution in [2.75, 3.05) is 0 Å². The minimum absolute atomic E-state index is 0. The third-order valence-electron chi connectivity index (χ3n) is 0.838. The monoisotopic (exact) mass is 176 g/mol.